The number of nitrogens with zero attached hydrogens (tertiary/aromatic N) is 1. The number of carboxylic acids is 1. The Hall–Kier alpha value is -3.08. The summed E-state index contributed by atoms with van der Waals surface area (Å²) >= 11 is 0. The van der Waals surface area contributed by atoms with Crippen molar-refractivity contribution in [2.75, 3.05) is 0 Å². The number of rotatable bonds is 5. The lowest BCUT2D eigenvalue weighted by Gasteiger charge is -2.06. The molecule has 0 saturated heterocycles. The maximum atomic E-state index is 10.8. The number of aromatic nitrogens is 1. The Morgan fingerprint density at radius 2 is 1.70 bits per heavy atom. The van der Waals surface area contributed by atoms with Crippen LogP contribution in [0.4, 0.5) is 0 Å². The molecule has 1 N–H and O–H groups in total. The van der Waals surface area contributed by atoms with Crippen LogP contribution in [-0.2, 0) is 6.42 Å². The summed E-state index contributed by atoms with van der Waals surface area (Å²) in [6.07, 6.45) is 0.991. The first-order chi connectivity index (χ1) is 11.2. The normalized spacial score (nSPS) is 10.5. The van der Waals surface area contributed by atoms with Gasteiger partial charge in [-0.25, -0.2) is 4.79 Å². The Morgan fingerprint density at radius 3 is 2.22 bits per heavy atom. The average Bonchev–Trinajstić information content (AvgIpc) is 3.07. The molecule has 0 aliphatic rings. The lowest BCUT2D eigenvalue weighted by Crippen LogP contribution is -1.94. The van der Waals surface area contributed by atoms with Gasteiger partial charge in [-0.05, 0) is 48.4 Å². The van der Waals surface area contributed by atoms with Crippen molar-refractivity contribution in [3.63, 3.8) is 0 Å². The van der Waals surface area contributed by atoms with Crippen molar-refractivity contribution in [2.24, 2.45) is 0 Å². The summed E-state index contributed by atoms with van der Waals surface area (Å²) in [6, 6.07) is 16.5. The molecule has 0 radical (unpaired) electrons. The monoisotopic (exact) mass is 309 g/mol. The van der Waals surface area contributed by atoms with Crippen LogP contribution in [0.5, 0.6) is 11.5 Å². The molecule has 3 aromatic rings. The van der Waals surface area contributed by atoms with E-state index < -0.39 is 5.97 Å². The summed E-state index contributed by atoms with van der Waals surface area (Å²) in [5, 5.41) is 12.3. The van der Waals surface area contributed by atoms with Crippen LogP contribution in [0, 0.1) is 0 Å². The van der Waals surface area contributed by atoms with Crippen molar-refractivity contribution in [1.29, 1.82) is 0 Å². The zero-order valence-electron chi connectivity index (χ0n) is 12.5. The SMILES string of the molecule is CCc1ccc(Oc2ccc(-c3cc(C(=O)O)no3)cc2)cc1. The van der Waals surface area contributed by atoms with Gasteiger partial charge in [-0.3, -0.25) is 0 Å². The van der Waals surface area contributed by atoms with Gasteiger partial charge in [0.1, 0.15) is 11.5 Å². The van der Waals surface area contributed by atoms with E-state index in [1.54, 1.807) is 24.3 Å². The van der Waals surface area contributed by atoms with Gasteiger partial charge in [0.25, 0.3) is 0 Å². The predicted octanol–water partition coefficient (Wildman–Crippen LogP) is 4.39. The topological polar surface area (TPSA) is 72.6 Å². The number of carbonyl (C=O) groups is 1. The highest BCUT2D eigenvalue weighted by molar-refractivity contribution is 5.86. The molecular formula is C18H15NO4. The molecule has 0 aliphatic heterocycles. The Morgan fingerprint density at radius 1 is 1.09 bits per heavy atom. The minimum atomic E-state index is -1.12. The summed E-state index contributed by atoms with van der Waals surface area (Å²) in [6.45, 7) is 2.11. The first kappa shape index (κ1) is 14.8. The van der Waals surface area contributed by atoms with Crippen molar-refractivity contribution >= 4 is 5.97 Å². The molecule has 0 aliphatic carbocycles. The van der Waals surface area contributed by atoms with Crippen molar-refractivity contribution in [2.45, 2.75) is 13.3 Å². The molecule has 23 heavy (non-hydrogen) atoms. The Bertz CT molecular complexity index is 804. The van der Waals surface area contributed by atoms with Crippen molar-refractivity contribution in [1.82, 2.24) is 5.16 Å². The molecular weight excluding hydrogens is 294 g/mol. The van der Waals surface area contributed by atoms with Gasteiger partial charge in [-0.1, -0.05) is 24.2 Å². The molecule has 5 nitrogen and oxygen atoms in total. The van der Waals surface area contributed by atoms with E-state index in [9.17, 15) is 4.79 Å². The first-order valence-electron chi connectivity index (χ1n) is 7.23. The van der Waals surface area contributed by atoms with Crippen molar-refractivity contribution in [3.05, 3.63) is 65.9 Å². The van der Waals surface area contributed by atoms with Crippen LogP contribution < -0.4 is 4.74 Å². The van der Waals surface area contributed by atoms with E-state index in [-0.39, 0.29) is 5.69 Å². The molecule has 0 amide bonds. The summed E-state index contributed by atoms with van der Waals surface area (Å²) < 4.78 is 10.8. The van der Waals surface area contributed by atoms with Gasteiger partial charge in [0.05, 0.1) is 0 Å². The van der Waals surface area contributed by atoms with Gasteiger partial charge in [0, 0.05) is 11.6 Å². The largest absolute Gasteiger partial charge is 0.476 e. The molecule has 0 atom stereocenters. The third kappa shape index (κ3) is 3.40. The third-order valence-electron chi connectivity index (χ3n) is 3.44. The third-order valence-corrected chi connectivity index (χ3v) is 3.44. The second-order valence-electron chi connectivity index (χ2n) is 5.01. The minimum absolute atomic E-state index is 0.114. The molecule has 5 heteroatoms. The van der Waals surface area contributed by atoms with Gasteiger partial charge in [-0.2, -0.15) is 0 Å². The van der Waals surface area contributed by atoms with E-state index in [1.165, 1.54) is 11.6 Å². The maximum absolute atomic E-state index is 10.8. The Labute approximate surface area is 133 Å². The molecule has 0 saturated carbocycles. The second kappa shape index (κ2) is 6.36. The highest BCUT2D eigenvalue weighted by atomic mass is 16.5. The fraction of sp³-hybridized carbons (Fsp3) is 0.111. The summed E-state index contributed by atoms with van der Waals surface area (Å²) in [5.41, 5.74) is 1.88. The zero-order chi connectivity index (χ0) is 16.2. The maximum Gasteiger partial charge on any atom is 0.358 e. The number of carboxylic acid groups (broad SMARTS) is 1. The first-order valence-corrected chi connectivity index (χ1v) is 7.23. The minimum Gasteiger partial charge on any atom is -0.476 e. The number of benzene rings is 2. The van der Waals surface area contributed by atoms with E-state index in [2.05, 4.69) is 12.1 Å². The summed E-state index contributed by atoms with van der Waals surface area (Å²) in [4.78, 5) is 10.8. The van der Waals surface area contributed by atoms with Gasteiger partial charge in [0.15, 0.2) is 11.5 Å². The highest BCUT2D eigenvalue weighted by Gasteiger charge is 2.12. The van der Waals surface area contributed by atoms with Gasteiger partial charge in [0.2, 0.25) is 0 Å². The zero-order valence-corrected chi connectivity index (χ0v) is 12.5. The average molecular weight is 309 g/mol. The lowest BCUT2D eigenvalue weighted by molar-refractivity contribution is 0.0686. The molecule has 1 heterocycles. The Kier molecular flexibility index (Phi) is 4.10. The number of hydrogen-bond acceptors (Lipinski definition) is 4. The van der Waals surface area contributed by atoms with Gasteiger partial charge < -0.3 is 14.4 Å². The smallest absolute Gasteiger partial charge is 0.358 e. The van der Waals surface area contributed by atoms with Crippen molar-refractivity contribution < 1.29 is 19.2 Å². The number of aromatic carboxylic acids is 1. The van der Waals surface area contributed by atoms with Crippen LogP contribution in [0.1, 0.15) is 23.0 Å². The van der Waals surface area contributed by atoms with Crippen LogP contribution >= 0.6 is 0 Å². The van der Waals surface area contributed by atoms with Crippen LogP contribution in [0.2, 0.25) is 0 Å². The van der Waals surface area contributed by atoms with E-state index >= 15 is 0 Å². The molecule has 1 aromatic heterocycles. The van der Waals surface area contributed by atoms with Crippen molar-refractivity contribution in [3.8, 4) is 22.8 Å². The van der Waals surface area contributed by atoms with Crippen LogP contribution in [0.15, 0.2) is 59.1 Å². The van der Waals surface area contributed by atoms with Crippen LogP contribution in [-0.4, -0.2) is 16.2 Å². The molecule has 2 aromatic carbocycles. The van der Waals surface area contributed by atoms with E-state index in [0.29, 0.717) is 11.5 Å². The molecule has 116 valence electrons. The fourth-order valence-corrected chi connectivity index (χ4v) is 2.13. The predicted molar refractivity (Wildman–Crippen MR) is 84.8 cm³/mol. The number of hydrogen-bond donors (Lipinski definition) is 1. The highest BCUT2D eigenvalue weighted by Crippen LogP contribution is 2.26. The number of aryl methyl sites for hydroxylation is 1. The van der Waals surface area contributed by atoms with Gasteiger partial charge >= 0.3 is 5.97 Å². The van der Waals surface area contributed by atoms with E-state index in [4.69, 9.17) is 14.4 Å². The van der Waals surface area contributed by atoms with E-state index in [0.717, 1.165) is 17.7 Å². The second-order valence-corrected chi connectivity index (χ2v) is 5.01. The van der Waals surface area contributed by atoms with E-state index in [1.807, 2.05) is 24.3 Å². The standard InChI is InChI=1S/C18H15NO4/c1-2-12-3-7-14(8-4-12)22-15-9-5-13(6-10-15)17-11-16(18(20)21)19-23-17/h3-11H,2H2,1H3,(H,20,21). The molecule has 0 unspecified atom stereocenters. The molecule has 0 bridgehead atoms. The van der Waals surface area contributed by atoms with Gasteiger partial charge in [-0.15, -0.1) is 0 Å². The van der Waals surface area contributed by atoms with Crippen LogP contribution in [0.3, 0.4) is 0 Å². The van der Waals surface area contributed by atoms with Crippen LogP contribution in [0.25, 0.3) is 11.3 Å². The number of ether oxygens (including phenoxy) is 1. The Balaban J connectivity index is 1.74. The summed E-state index contributed by atoms with van der Waals surface area (Å²) in [7, 11) is 0. The summed E-state index contributed by atoms with van der Waals surface area (Å²) in [5.74, 6) is 0.746. The fourth-order valence-electron chi connectivity index (χ4n) is 2.13. The quantitative estimate of drug-likeness (QED) is 0.756. The molecule has 0 fully saturated rings. The lowest BCUT2D eigenvalue weighted by atomic mass is 10.1. The molecule has 3 rings (SSSR count). The molecule has 0 spiro atoms.